The minimum Gasteiger partial charge on any atom is -0.496 e. The summed E-state index contributed by atoms with van der Waals surface area (Å²) in [5.74, 6) is 0.248. The molecular weight excluding hydrogens is 332 g/mol. The van der Waals surface area contributed by atoms with Crippen LogP contribution in [0.25, 0.3) is 0 Å². The summed E-state index contributed by atoms with van der Waals surface area (Å²) in [4.78, 5) is 12.2. The second-order valence-electron chi connectivity index (χ2n) is 5.49. The van der Waals surface area contributed by atoms with Crippen molar-refractivity contribution in [3.8, 4) is 5.75 Å². The van der Waals surface area contributed by atoms with Gasteiger partial charge in [-0.15, -0.1) is 0 Å². The molecule has 0 radical (unpaired) electrons. The third-order valence-electron chi connectivity index (χ3n) is 3.50. The molecule has 136 valence electrons. The first-order valence-electron chi connectivity index (χ1n) is 7.69. The summed E-state index contributed by atoms with van der Waals surface area (Å²) in [6.07, 6.45) is 0. The first kappa shape index (κ1) is 20.4. The van der Waals surface area contributed by atoms with Gasteiger partial charge in [0.05, 0.1) is 25.2 Å². The van der Waals surface area contributed by atoms with E-state index in [2.05, 4.69) is 5.32 Å². The van der Waals surface area contributed by atoms with Crippen molar-refractivity contribution in [2.24, 2.45) is 0 Å². The summed E-state index contributed by atoms with van der Waals surface area (Å²) in [5.41, 5.74) is 0.716. The summed E-state index contributed by atoms with van der Waals surface area (Å²) in [7, 11) is -0.689. The average Bonchev–Trinajstić information content (AvgIpc) is 2.52. The highest BCUT2D eigenvalue weighted by Crippen LogP contribution is 2.23. The Bertz CT molecular complexity index is 660. The summed E-state index contributed by atoms with van der Waals surface area (Å²) in [5, 5.41) is 2.71. The molecule has 0 saturated heterocycles. The number of ether oxygens (including phenoxy) is 2. The lowest BCUT2D eigenvalue weighted by molar-refractivity contribution is -0.122. The number of aryl methyl sites for hydroxylation is 1. The van der Waals surface area contributed by atoms with Gasteiger partial charge < -0.3 is 14.8 Å². The molecule has 1 atom stereocenters. The molecule has 24 heavy (non-hydrogen) atoms. The Morgan fingerprint density at radius 2 is 2.00 bits per heavy atom. The fourth-order valence-corrected chi connectivity index (χ4v) is 3.79. The number of rotatable bonds is 9. The number of carbonyl (C=O) groups is 1. The van der Waals surface area contributed by atoms with Crippen LogP contribution in [-0.2, 0) is 19.6 Å². The number of likely N-dealkylation sites (N-methyl/N-ethyl adjacent to an activating group) is 1. The van der Waals surface area contributed by atoms with Gasteiger partial charge in [0.2, 0.25) is 15.9 Å². The van der Waals surface area contributed by atoms with Gasteiger partial charge >= 0.3 is 0 Å². The molecular formula is C16H26N2O5S. The minimum atomic E-state index is -3.76. The third kappa shape index (κ3) is 5.19. The van der Waals surface area contributed by atoms with E-state index in [1.807, 2.05) is 0 Å². The van der Waals surface area contributed by atoms with Crippen molar-refractivity contribution in [3.05, 3.63) is 23.8 Å². The van der Waals surface area contributed by atoms with Crippen molar-refractivity contribution in [1.29, 1.82) is 0 Å². The number of hydrogen-bond acceptors (Lipinski definition) is 5. The van der Waals surface area contributed by atoms with Crippen LogP contribution in [0, 0.1) is 6.92 Å². The average molecular weight is 358 g/mol. The van der Waals surface area contributed by atoms with E-state index in [9.17, 15) is 13.2 Å². The number of benzene rings is 1. The topological polar surface area (TPSA) is 84.9 Å². The zero-order valence-electron chi connectivity index (χ0n) is 14.8. The van der Waals surface area contributed by atoms with Gasteiger partial charge in [-0.05, 0) is 37.6 Å². The first-order valence-corrected chi connectivity index (χ1v) is 9.13. The van der Waals surface area contributed by atoms with Crippen molar-refractivity contribution in [3.63, 3.8) is 0 Å². The number of methoxy groups -OCH3 is 2. The highest BCUT2D eigenvalue weighted by molar-refractivity contribution is 7.89. The van der Waals surface area contributed by atoms with Gasteiger partial charge in [0.1, 0.15) is 5.75 Å². The zero-order valence-corrected chi connectivity index (χ0v) is 15.6. The molecule has 0 heterocycles. The third-order valence-corrected chi connectivity index (χ3v) is 5.42. The molecule has 1 rings (SSSR count). The number of amides is 1. The number of sulfonamides is 1. The van der Waals surface area contributed by atoms with E-state index in [-0.39, 0.29) is 29.9 Å². The lowest BCUT2D eigenvalue weighted by Crippen LogP contribution is -2.44. The second kappa shape index (κ2) is 9.00. The summed E-state index contributed by atoms with van der Waals surface area (Å²) >= 11 is 0. The molecule has 0 bridgehead atoms. The standard InChI is InChI=1S/C16H26N2O5S/c1-6-18(10-16(19)17-13(3)11-22-4)24(20,21)14-7-8-15(23-5)12(2)9-14/h7-9,13H,6,10-11H2,1-5H3,(H,17,19)/t13-/m0/s1. The Morgan fingerprint density at radius 3 is 2.50 bits per heavy atom. The zero-order chi connectivity index (χ0) is 18.3. The molecule has 1 N–H and O–H groups in total. The number of nitrogens with zero attached hydrogens (tertiary/aromatic N) is 1. The molecule has 0 aromatic heterocycles. The summed E-state index contributed by atoms with van der Waals surface area (Å²) in [6.45, 7) is 5.58. The smallest absolute Gasteiger partial charge is 0.243 e. The highest BCUT2D eigenvalue weighted by atomic mass is 32.2. The Labute approximate surface area is 144 Å². The van der Waals surface area contributed by atoms with Crippen LogP contribution >= 0.6 is 0 Å². The molecule has 8 heteroatoms. The summed E-state index contributed by atoms with van der Waals surface area (Å²) < 4.78 is 36.7. The fourth-order valence-electron chi connectivity index (χ4n) is 2.30. The van der Waals surface area contributed by atoms with Crippen LogP contribution in [0.4, 0.5) is 0 Å². The molecule has 0 aliphatic carbocycles. The number of carbonyl (C=O) groups excluding carboxylic acids is 1. The van der Waals surface area contributed by atoms with Crippen LogP contribution in [0.2, 0.25) is 0 Å². The molecule has 0 aliphatic heterocycles. The fraction of sp³-hybridized carbons (Fsp3) is 0.562. The van der Waals surface area contributed by atoms with E-state index in [1.54, 1.807) is 32.9 Å². The normalized spacial score (nSPS) is 12.9. The Kier molecular flexibility index (Phi) is 7.65. The van der Waals surface area contributed by atoms with E-state index in [0.717, 1.165) is 4.31 Å². The largest absolute Gasteiger partial charge is 0.496 e. The maximum absolute atomic E-state index is 12.7. The maximum Gasteiger partial charge on any atom is 0.243 e. The van der Waals surface area contributed by atoms with Crippen molar-refractivity contribution in [1.82, 2.24) is 9.62 Å². The molecule has 7 nitrogen and oxygen atoms in total. The predicted molar refractivity (Wildman–Crippen MR) is 91.6 cm³/mol. The van der Waals surface area contributed by atoms with E-state index >= 15 is 0 Å². The van der Waals surface area contributed by atoms with Gasteiger partial charge in [-0.3, -0.25) is 4.79 Å². The molecule has 0 unspecified atom stereocenters. The number of hydrogen-bond donors (Lipinski definition) is 1. The molecule has 0 fully saturated rings. The first-order chi connectivity index (χ1) is 11.3. The molecule has 1 amide bonds. The highest BCUT2D eigenvalue weighted by Gasteiger charge is 2.26. The number of nitrogens with one attached hydrogen (secondary N) is 1. The lowest BCUT2D eigenvalue weighted by atomic mass is 10.2. The van der Waals surface area contributed by atoms with Crippen LogP contribution in [-0.4, -0.2) is 58.6 Å². The van der Waals surface area contributed by atoms with Crippen molar-refractivity contribution < 1.29 is 22.7 Å². The second-order valence-corrected chi connectivity index (χ2v) is 7.42. The predicted octanol–water partition coefficient (Wildman–Crippen LogP) is 1.17. The Morgan fingerprint density at radius 1 is 1.33 bits per heavy atom. The molecule has 0 spiro atoms. The van der Waals surface area contributed by atoms with E-state index in [1.165, 1.54) is 20.3 Å². The van der Waals surface area contributed by atoms with Gasteiger partial charge in [-0.1, -0.05) is 6.92 Å². The Balaban J connectivity index is 2.93. The Hall–Kier alpha value is -1.64. The van der Waals surface area contributed by atoms with Crippen LogP contribution in [0.15, 0.2) is 23.1 Å². The summed E-state index contributed by atoms with van der Waals surface area (Å²) in [6, 6.07) is 4.45. The lowest BCUT2D eigenvalue weighted by Gasteiger charge is -2.22. The molecule has 0 aliphatic rings. The van der Waals surface area contributed by atoms with Gasteiger partial charge in [0.15, 0.2) is 0 Å². The molecule has 1 aromatic rings. The van der Waals surface area contributed by atoms with Crippen molar-refractivity contribution in [2.75, 3.05) is 33.9 Å². The van der Waals surface area contributed by atoms with Crippen LogP contribution in [0.1, 0.15) is 19.4 Å². The molecule has 1 aromatic carbocycles. The van der Waals surface area contributed by atoms with Gasteiger partial charge in [0, 0.05) is 19.7 Å². The van der Waals surface area contributed by atoms with Crippen molar-refractivity contribution in [2.45, 2.75) is 31.7 Å². The van der Waals surface area contributed by atoms with Gasteiger partial charge in [-0.2, -0.15) is 4.31 Å². The van der Waals surface area contributed by atoms with Gasteiger partial charge in [-0.25, -0.2) is 8.42 Å². The van der Waals surface area contributed by atoms with Crippen LogP contribution in [0.3, 0.4) is 0 Å². The van der Waals surface area contributed by atoms with Gasteiger partial charge in [0.25, 0.3) is 0 Å². The van der Waals surface area contributed by atoms with Crippen LogP contribution < -0.4 is 10.1 Å². The quantitative estimate of drug-likeness (QED) is 0.716. The van der Waals surface area contributed by atoms with Crippen molar-refractivity contribution >= 4 is 15.9 Å². The monoisotopic (exact) mass is 358 g/mol. The SMILES string of the molecule is CCN(CC(=O)N[C@@H](C)COC)S(=O)(=O)c1ccc(OC)c(C)c1. The minimum absolute atomic E-state index is 0.139. The van der Waals surface area contributed by atoms with Crippen LogP contribution in [0.5, 0.6) is 5.75 Å². The molecule has 0 saturated carbocycles. The van der Waals surface area contributed by atoms with E-state index < -0.39 is 10.0 Å². The maximum atomic E-state index is 12.7. The van der Waals surface area contributed by atoms with E-state index in [4.69, 9.17) is 9.47 Å². The van der Waals surface area contributed by atoms with E-state index in [0.29, 0.717) is 17.9 Å².